The number of aromatic nitrogens is 2. The van der Waals surface area contributed by atoms with E-state index in [9.17, 15) is 0 Å². The third kappa shape index (κ3) is 5.13. The molecule has 0 radical (unpaired) electrons. The summed E-state index contributed by atoms with van der Waals surface area (Å²) in [4.78, 5) is 11.6. The summed E-state index contributed by atoms with van der Waals surface area (Å²) in [6.45, 7) is 16.2. The third-order valence-corrected chi connectivity index (χ3v) is 5.49. The van der Waals surface area contributed by atoms with Crippen molar-refractivity contribution in [2.45, 2.75) is 58.8 Å². The van der Waals surface area contributed by atoms with Crippen molar-refractivity contribution in [1.82, 2.24) is 20.4 Å². The van der Waals surface area contributed by atoms with E-state index in [1.165, 1.54) is 0 Å². The van der Waals surface area contributed by atoms with Crippen LogP contribution in [-0.4, -0.2) is 51.6 Å². The van der Waals surface area contributed by atoms with Gasteiger partial charge >= 0.3 is 0 Å². The summed E-state index contributed by atoms with van der Waals surface area (Å²) in [5.41, 5.74) is -0.131. The molecule has 0 bridgehead atoms. The Labute approximate surface area is 149 Å². The predicted octanol–water partition coefficient (Wildman–Crippen LogP) is 2.91. The minimum Gasteiger partial charge on any atom is -0.357 e. The zero-order valence-corrected chi connectivity index (χ0v) is 16.6. The number of rotatable bonds is 4. The van der Waals surface area contributed by atoms with Crippen molar-refractivity contribution in [2.24, 2.45) is 10.9 Å². The maximum absolute atomic E-state index is 5.35. The molecule has 2 heterocycles. The smallest absolute Gasteiger partial charge is 0.232 e. The standard InChI is InChI=1S/C17H31N5OS/c1-7-18-16(22-8-9-24-13(11-22)12(2)3)19-10-14-20-15(23-21-14)17(4,5)6/h12-13H,7-11H2,1-6H3,(H,18,19). The average molecular weight is 354 g/mol. The van der Waals surface area contributed by atoms with Crippen LogP contribution < -0.4 is 5.32 Å². The van der Waals surface area contributed by atoms with Crippen molar-refractivity contribution >= 4 is 17.7 Å². The Morgan fingerprint density at radius 3 is 2.79 bits per heavy atom. The Morgan fingerprint density at radius 2 is 2.21 bits per heavy atom. The number of nitrogens with zero attached hydrogens (tertiary/aromatic N) is 4. The maximum atomic E-state index is 5.35. The van der Waals surface area contributed by atoms with E-state index in [-0.39, 0.29) is 5.41 Å². The van der Waals surface area contributed by atoms with Gasteiger partial charge in [-0.1, -0.05) is 39.8 Å². The van der Waals surface area contributed by atoms with E-state index in [2.05, 4.69) is 73.7 Å². The Bertz CT molecular complexity index is 549. The summed E-state index contributed by atoms with van der Waals surface area (Å²) >= 11 is 2.07. The molecular formula is C17H31N5OS. The molecule has 1 saturated heterocycles. The molecule has 1 aromatic rings. The van der Waals surface area contributed by atoms with Gasteiger partial charge in [-0.3, -0.25) is 0 Å². The zero-order chi connectivity index (χ0) is 17.7. The van der Waals surface area contributed by atoms with Crippen LogP contribution in [-0.2, 0) is 12.0 Å². The average Bonchev–Trinajstić information content (AvgIpc) is 3.00. The minimum atomic E-state index is -0.131. The molecule has 6 nitrogen and oxygen atoms in total. The molecule has 136 valence electrons. The highest BCUT2D eigenvalue weighted by Gasteiger charge is 2.25. The van der Waals surface area contributed by atoms with Gasteiger partial charge in [-0.05, 0) is 12.8 Å². The molecule has 1 aromatic heterocycles. The number of hydrogen-bond donors (Lipinski definition) is 1. The monoisotopic (exact) mass is 353 g/mol. The second-order valence-corrected chi connectivity index (χ2v) is 8.88. The Morgan fingerprint density at radius 1 is 1.46 bits per heavy atom. The van der Waals surface area contributed by atoms with Crippen LogP contribution in [0.1, 0.15) is 53.3 Å². The number of guanidine groups is 1. The van der Waals surface area contributed by atoms with Crippen molar-refractivity contribution in [3.63, 3.8) is 0 Å². The largest absolute Gasteiger partial charge is 0.357 e. The quantitative estimate of drug-likeness (QED) is 0.663. The van der Waals surface area contributed by atoms with Crippen molar-refractivity contribution < 1.29 is 4.52 Å². The molecule has 1 aliphatic heterocycles. The fraction of sp³-hybridized carbons (Fsp3) is 0.824. The fourth-order valence-corrected chi connectivity index (χ4v) is 3.76. The van der Waals surface area contributed by atoms with Crippen LogP contribution >= 0.6 is 11.8 Å². The molecule has 1 aliphatic rings. The van der Waals surface area contributed by atoms with Crippen molar-refractivity contribution in [3.8, 4) is 0 Å². The Balaban J connectivity index is 2.06. The van der Waals surface area contributed by atoms with Gasteiger partial charge < -0.3 is 14.7 Å². The lowest BCUT2D eigenvalue weighted by atomic mass is 9.97. The van der Waals surface area contributed by atoms with Crippen molar-refractivity contribution in [3.05, 3.63) is 11.7 Å². The first-order chi connectivity index (χ1) is 11.3. The summed E-state index contributed by atoms with van der Waals surface area (Å²) in [6.07, 6.45) is 0. The molecule has 0 spiro atoms. The van der Waals surface area contributed by atoms with E-state index in [4.69, 9.17) is 9.52 Å². The molecule has 1 N–H and O–H groups in total. The summed E-state index contributed by atoms with van der Waals surface area (Å²) in [7, 11) is 0. The van der Waals surface area contributed by atoms with Gasteiger partial charge in [0.2, 0.25) is 5.89 Å². The van der Waals surface area contributed by atoms with Crippen LogP contribution in [0.25, 0.3) is 0 Å². The normalized spacial score (nSPS) is 19.9. The van der Waals surface area contributed by atoms with Crippen LogP contribution in [0, 0.1) is 5.92 Å². The highest BCUT2D eigenvalue weighted by Crippen LogP contribution is 2.25. The third-order valence-electron chi connectivity index (χ3n) is 3.95. The number of hydrogen-bond acceptors (Lipinski definition) is 5. The summed E-state index contributed by atoms with van der Waals surface area (Å²) in [6, 6.07) is 0. The highest BCUT2D eigenvalue weighted by atomic mass is 32.2. The number of thioether (sulfide) groups is 1. The molecular weight excluding hydrogens is 322 g/mol. The first-order valence-electron chi connectivity index (χ1n) is 8.79. The number of nitrogens with one attached hydrogen (secondary N) is 1. The molecule has 24 heavy (non-hydrogen) atoms. The molecule has 1 unspecified atom stereocenters. The van der Waals surface area contributed by atoms with Crippen LogP contribution in [0.5, 0.6) is 0 Å². The van der Waals surface area contributed by atoms with E-state index < -0.39 is 0 Å². The molecule has 1 fully saturated rings. The van der Waals surface area contributed by atoms with Crippen LogP contribution in [0.2, 0.25) is 0 Å². The molecule has 0 saturated carbocycles. The van der Waals surface area contributed by atoms with Crippen molar-refractivity contribution in [2.75, 3.05) is 25.4 Å². The van der Waals surface area contributed by atoms with Crippen LogP contribution in [0.3, 0.4) is 0 Å². The van der Waals surface area contributed by atoms with Crippen LogP contribution in [0.15, 0.2) is 9.52 Å². The van der Waals surface area contributed by atoms with Gasteiger partial charge in [0.25, 0.3) is 0 Å². The molecule has 2 rings (SSSR count). The zero-order valence-electron chi connectivity index (χ0n) is 15.8. The Hall–Kier alpha value is -1.24. The predicted molar refractivity (Wildman–Crippen MR) is 100 cm³/mol. The lowest BCUT2D eigenvalue weighted by Gasteiger charge is -2.36. The lowest BCUT2D eigenvalue weighted by molar-refractivity contribution is 0.318. The molecule has 0 aliphatic carbocycles. The SMILES string of the molecule is CCNC(=NCc1noc(C(C)(C)C)n1)N1CCSC(C(C)C)C1. The second kappa shape index (κ2) is 8.23. The lowest BCUT2D eigenvalue weighted by Crippen LogP contribution is -2.49. The van der Waals surface area contributed by atoms with Gasteiger partial charge in [-0.2, -0.15) is 16.7 Å². The van der Waals surface area contributed by atoms with Gasteiger partial charge in [0, 0.05) is 36.1 Å². The molecule has 0 amide bonds. The first kappa shape index (κ1) is 19.1. The van der Waals surface area contributed by atoms with Crippen LogP contribution in [0.4, 0.5) is 0 Å². The van der Waals surface area contributed by atoms with Gasteiger partial charge in [-0.25, -0.2) is 4.99 Å². The second-order valence-electron chi connectivity index (χ2n) is 7.54. The summed E-state index contributed by atoms with van der Waals surface area (Å²) in [5.74, 6) is 4.07. The molecule has 1 atom stereocenters. The van der Waals surface area contributed by atoms with E-state index in [1.807, 2.05) is 0 Å². The van der Waals surface area contributed by atoms with Gasteiger partial charge in [0.1, 0.15) is 6.54 Å². The Kier molecular flexibility index (Phi) is 6.54. The topological polar surface area (TPSA) is 66.5 Å². The molecule has 0 aromatic carbocycles. The summed E-state index contributed by atoms with van der Waals surface area (Å²) < 4.78 is 5.35. The van der Waals surface area contributed by atoms with E-state index >= 15 is 0 Å². The fourth-order valence-electron chi connectivity index (χ4n) is 2.47. The summed E-state index contributed by atoms with van der Waals surface area (Å²) in [5, 5.41) is 8.11. The first-order valence-corrected chi connectivity index (χ1v) is 9.84. The van der Waals surface area contributed by atoms with E-state index in [0.29, 0.717) is 29.4 Å². The van der Waals surface area contributed by atoms with Crippen molar-refractivity contribution in [1.29, 1.82) is 0 Å². The molecule has 7 heteroatoms. The maximum Gasteiger partial charge on any atom is 0.232 e. The van der Waals surface area contributed by atoms with E-state index in [0.717, 1.165) is 31.3 Å². The van der Waals surface area contributed by atoms with E-state index in [1.54, 1.807) is 0 Å². The van der Waals surface area contributed by atoms with Gasteiger partial charge in [-0.15, -0.1) is 0 Å². The number of aliphatic imine (C=N–C) groups is 1. The highest BCUT2D eigenvalue weighted by molar-refractivity contribution is 8.00. The minimum absolute atomic E-state index is 0.131. The van der Waals surface area contributed by atoms with Gasteiger partial charge in [0.05, 0.1) is 0 Å². The van der Waals surface area contributed by atoms with Gasteiger partial charge in [0.15, 0.2) is 11.8 Å².